The quantitative estimate of drug-likeness (QED) is 0.478. The molecular formula is C18H18O4. The molecule has 1 aromatic carbocycles. The SMILES string of the molecule is COC(=O)C1(C(=O)OC)CCC/C1=C\C#Cc1ccccc1. The van der Waals surface area contributed by atoms with Crippen LogP contribution in [0, 0.1) is 17.3 Å². The molecule has 1 aromatic rings. The molecule has 4 heteroatoms. The van der Waals surface area contributed by atoms with Crippen molar-refractivity contribution in [1.82, 2.24) is 0 Å². The summed E-state index contributed by atoms with van der Waals surface area (Å²) in [5, 5.41) is 0. The van der Waals surface area contributed by atoms with Gasteiger partial charge in [-0.15, -0.1) is 0 Å². The van der Waals surface area contributed by atoms with Crippen LogP contribution in [0.4, 0.5) is 0 Å². The van der Waals surface area contributed by atoms with Gasteiger partial charge in [-0.25, -0.2) is 0 Å². The van der Waals surface area contributed by atoms with Crippen LogP contribution in [-0.4, -0.2) is 26.2 Å². The maximum absolute atomic E-state index is 12.2. The highest BCUT2D eigenvalue weighted by molar-refractivity contribution is 6.04. The van der Waals surface area contributed by atoms with E-state index in [2.05, 4.69) is 11.8 Å². The molecule has 0 radical (unpaired) electrons. The first-order valence-corrected chi connectivity index (χ1v) is 7.08. The maximum atomic E-state index is 12.2. The number of benzene rings is 1. The van der Waals surface area contributed by atoms with E-state index in [0.717, 1.165) is 12.0 Å². The monoisotopic (exact) mass is 298 g/mol. The Kier molecular flexibility index (Phi) is 5.00. The van der Waals surface area contributed by atoms with Crippen LogP contribution in [0.25, 0.3) is 0 Å². The summed E-state index contributed by atoms with van der Waals surface area (Å²) < 4.78 is 9.65. The van der Waals surface area contributed by atoms with Crippen LogP contribution in [0.5, 0.6) is 0 Å². The lowest BCUT2D eigenvalue weighted by atomic mass is 9.82. The van der Waals surface area contributed by atoms with Gasteiger partial charge in [0.25, 0.3) is 0 Å². The van der Waals surface area contributed by atoms with Gasteiger partial charge in [0.05, 0.1) is 14.2 Å². The van der Waals surface area contributed by atoms with Gasteiger partial charge in [0.2, 0.25) is 0 Å². The Hall–Kier alpha value is -2.54. The maximum Gasteiger partial charge on any atom is 0.327 e. The molecule has 0 amide bonds. The fourth-order valence-electron chi connectivity index (χ4n) is 2.74. The summed E-state index contributed by atoms with van der Waals surface area (Å²) in [6.45, 7) is 0. The van der Waals surface area contributed by atoms with Gasteiger partial charge in [0.1, 0.15) is 0 Å². The summed E-state index contributed by atoms with van der Waals surface area (Å²) in [5.41, 5.74) is 0.197. The van der Waals surface area contributed by atoms with Gasteiger partial charge in [-0.1, -0.05) is 30.0 Å². The van der Waals surface area contributed by atoms with E-state index in [1.165, 1.54) is 14.2 Å². The number of allylic oxidation sites excluding steroid dienone is 1. The summed E-state index contributed by atoms with van der Waals surface area (Å²) >= 11 is 0. The molecule has 0 unspecified atom stereocenters. The van der Waals surface area contributed by atoms with Crippen molar-refractivity contribution in [2.24, 2.45) is 5.41 Å². The van der Waals surface area contributed by atoms with Crippen LogP contribution in [-0.2, 0) is 19.1 Å². The number of esters is 2. The number of ether oxygens (including phenoxy) is 2. The molecule has 114 valence electrons. The molecule has 0 spiro atoms. The summed E-state index contributed by atoms with van der Waals surface area (Å²) in [7, 11) is 2.55. The third-order valence-corrected chi connectivity index (χ3v) is 3.85. The van der Waals surface area contributed by atoms with Gasteiger partial charge in [-0.3, -0.25) is 9.59 Å². The number of rotatable bonds is 2. The Morgan fingerprint density at radius 3 is 2.36 bits per heavy atom. The van der Waals surface area contributed by atoms with Crippen molar-refractivity contribution in [3.63, 3.8) is 0 Å². The minimum atomic E-state index is -1.34. The van der Waals surface area contributed by atoms with Crippen molar-refractivity contribution < 1.29 is 19.1 Å². The Balaban J connectivity index is 2.36. The first kappa shape index (κ1) is 15.8. The molecule has 0 heterocycles. The number of carbonyl (C=O) groups excluding carboxylic acids is 2. The van der Waals surface area contributed by atoms with Gasteiger partial charge < -0.3 is 9.47 Å². The highest BCUT2D eigenvalue weighted by atomic mass is 16.5. The molecule has 2 rings (SSSR count). The van der Waals surface area contributed by atoms with Gasteiger partial charge in [-0.2, -0.15) is 0 Å². The van der Waals surface area contributed by atoms with Crippen molar-refractivity contribution in [2.45, 2.75) is 19.3 Å². The zero-order valence-electron chi connectivity index (χ0n) is 12.7. The number of methoxy groups -OCH3 is 2. The summed E-state index contributed by atoms with van der Waals surface area (Å²) in [6.07, 6.45) is 3.40. The molecule has 0 atom stereocenters. The van der Waals surface area contributed by atoms with Crippen LogP contribution in [0.3, 0.4) is 0 Å². The molecule has 0 aromatic heterocycles. The number of carbonyl (C=O) groups is 2. The summed E-state index contributed by atoms with van der Waals surface area (Å²) in [5.74, 6) is 4.76. The van der Waals surface area contributed by atoms with E-state index in [4.69, 9.17) is 9.47 Å². The molecular weight excluding hydrogens is 280 g/mol. The van der Waals surface area contributed by atoms with Crippen LogP contribution in [0.1, 0.15) is 24.8 Å². The standard InChI is InChI=1S/C18H18O4/c1-21-16(19)18(17(20)22-2)13-7-12-15(18)11-6-10-14-8-4-3-5-9-14/h3-5,8-9,11H,7,12-13H2,1-2H3/b15-11+. The molecule has 1 aliphatic rings. The molecule has 0 N–H and O–H groups in total. The highest BCUT2D eigenvalue weighted by Crippen LogP contribution is 2.44. The van der Waals surface area contributed by atoms with Crippen LogP contribution in [0.15, 0.2) is 42.0 Å². The van der Waals surface area contributed by atoms with Crippen LogP contribution >= 0.6 is 0 Å². The molecule has 1 aliphatic carbocycles. The second-order valence-electron chi connectivity index (χ2n) is 5.05. The zero-order chi connectivity index (χ0) is 16.0. The summed E-state index contributed by atoms with van der Waals surface area (Å²) in [4.78, 5) is 24.3. The Labute approximate surface area is 130 Å². The molecule has 1 fully saturated rings. The zero-order valence-corrected chi connectivity index (χ0v) is 12.7. The molecule has 0 aliphatic heterocycles. The third kappa shape index (κ3) is 2.89. The predicted octanol–water partition coefficient (Wildman–Crippen LogP) is 2.48. The second-order valence-corrected chi connectivity index (χ2v) is 5.05. The fraction of sp³-hybridized carbons (Fsp3) is 0.333. The van der Waals surface area contributed by atoms with E-state index in [1.54, 1.807) is 6.08 Å². The average molecular weight is 298 g/mol. The minimum absolute atomic E-state index is 0.394. The van der Waals surface area contributed by atoms with E-state index < -0.39 is 17.4 Å². The first-order valence-electron chi connectivity index (χ1n) is 7.08. The highest BCUT2D eigenvalue weighted by Gasteiger charge is 2.53. The van der Waals surface area contributed by atoms with Crippen molar-refractivity contribution in [2.75, 3.05) is 14.2 Å². The fourth-order valence-corrected chi connectivity index (χ4v) is 2.74. The van der Waals surface area contributed by atoms with Gasteiger partial charge in [0, 0.05) is 5.56 Å². The molecule has 1 saturated carbocycles. The van der Waals surface area contributed by atoms with E-state index in [9.17, 15) is 9.59 Å². The number of hydrogen-bond donors (Lipinski definition) is 0. The average Bonchev–Trinajstić information content (AvgIpc) is 2.99. The molecule has 22 heavy (non-hydrogen) atoms. The third-order valence-electron chi connectivity index (χ3n) is 3.85. The van der Waals surface area contributed by atoms with Crippen molar-refractivity contribution in [3.8, 4) is 11.8 Å². The largest absolute Gasteiger partial charge is 0.468 e. The Morgan fingerprint density at radius 2 is 1.77 bits per heavy atom. The van der Waals surface area contributed by atoms with E-state index in [-0.39, 0.29) is 0 Å². The van der Waals surface area contributed by atoms with E-state index in [1.807, 2.05) is 30.3 Å². The normalized spacial score (nSPS) is 17.5. The van der Waals surface area contributed by atoms with Crippen molar-refractivity contribution in [3.05, 3.63) is 47.5 Å². The lowest BCUT2D eigenvalue weighted by Crippen LogP contribution is -2.40. The first-order chi connectivity index (χ1) is 10.6. The van der Waals surface area contributed by atoms with Gasteiger partial charge >= 0.3 is 11.9 Å². The Morgan fingerprint density at radius 1 is 1.14 bits per heavy atom. The smallest absolute Gasteiger partial charge is 0.327 e. The Bertz CT molecular complexity index is 631. The van der Waals surface area contributed by atoms with E-state index >= 15 is 0 Å². The van der Waals surface area contributed by atoms with Crippen LogP contribution in [0.2, 0.25) is 0 Å². The second kappa shape index (κ2) is 6.95. The molecule has 0 saturated heterocycles. The lowest BCUT2D eigenvalue weighted by Gasteiger charge is -2.24. The number of hydrogen-bond acceptors (Lipinski definition) is 4. The topological polar surface area (TPSA) is 52.6 Å². The van der Waals surface area contributed by atoms with Crippen molar-refractivity contribution >= 4 is 11.9 Å². The van der Waals surface area contributed by atoms with Gasteiger partial charge in [0.15, 0.2) is 5.41 Å². The predicted molar refractivity (Wildman–Crippen MR) is 81.7 cm³/mol. The molecule has 0 bridgehead atoms. The van der Waals surface area contributed by atoms with Crippen molar-refractivity contribution in [1.29, 1.82) is 0 Å². The summed E-state index contributed by atoms with van der Waals surface area (Å²) in [6, 6.07) is 9.52. The lowest BCUT2D eigenvalue weighted by molar-refractivity contribution is -0.165. The van der Waals surface area contributed by atoms with E-state index in [0.29, 0.717) is 18.4 Å². The molecule has 4 nitrogen and oxygen atoms in total. The van der Waals surface area contributed by atoms with Crippen LogP contribution < -0.4 is 0 Å². The minimum Gasteiger partial charge on any atom is -0.468 e. The van der Waals surface area contributed by atoms with Gasteiger partial charge in [-0.05, 0) is 43.0 Å².